The molecule has 4 N–H and O–H groups in total. The molecule has 1 aromatic heterocycles. The van der Waals surface area contributed by atoms with E-state index in [1.807, 2.05) is 0 Å². The third-order valence-electron chi connectivity index (χ3n) is 8.20. The Morgan fingerprint density at radius 3 is 2.44 bits per heavy atom. The Morgan fingerprint density at radius 1 is 1.11 bits per heavy atom. The van der Waals surface area contributed by atoms with Crippen LogP contribution in [0.5, 0.6) is 0 Å². The summed E-state index contributed by atoms with van der Waals surface area (Å²) in [6.07, 6.45) is 2.05. The molecular formula is C20H28O7. The average Bonchev–Trinajstić information content (AvgIpc) is 3.23. The highest BCUT2D eigenvalue weighted by Crippen LogP contribution is 2.70. The maximum absolute atomic E-state index is 13.3. The minimum Gasteiger partial charge on any atom is -0.472 e. The Kier molecular flexibility index (Phi) is 3.75. The summed E-state index contributed by atoms with van der Waals surface area (Å²) in [7, 11) is 0. The van der Waals surface area contributed by atoms with E-state index in [1.165, 1.54) is 19.5 Å². The smallest absolute Gasteiger partial charge is 0.318 e. The Hall–Kier alpha value is -1.41. The predicted molar refractivity (Wildman–Crippen MR) is 93.4 cm³/mol. The number of hydrogen-bond donors (Lipinski definition) is 4. The zero-order valence-electron chi connectivity index (χ0n) is 15.9. The quantitative estimate of drug-likeness (QED) is 0.544. The van der Waals surface area contributed by atoms with Gasteiger partial charge >= 0.3 is 5.97 Å². The Morgan fingerprint density at radius 2 is 1.81 bits per heavy atom. The summed E-state index contributed by atoms with van der Waals surface area (Å²) in [4.78, 5) is 13.3. The highest BCUT2D eigenvalue weighted by atomic mass is 16.6. The molecule has 1 aromatic rings. The van der Waals surface area contributed by atoms with Crippen molar-refractivity contribution in [3.63, 3.8) is 0 Å². The van der Waals surface area contributed by atoms with Gasteiger partial charge in [0.05, 0.1) is 35.4 Å². The van der Waals surface area contributed by atoms with Gasteiger partial charge in [-0.1, -0.05) is 6.92 Å². The second-order valence-corrected chi connectivity index (χ2v) is 9.23. The normalized spacial score (nSPS) is 52.6. The molecule has 27 heavy (non-hydrogen) atoms. The molecular weight excluding hydrogens is 352 g/mol. The SMILES string of the molecule is C[C@]12CC[C@](C)(O)[C@]3(C[C@H](c4ccoc4)OC3=O)[C@@]1(O)CC[C@@H](O)[C@]2(C)O. The molecule has 1 aliphatic heterocycles. The number of fused-ring (bicyclic) bond motifs is 2. The van der Waals surface area contributed by atoms with Crippen molar-refractivity contribution in [2.45, 2.75) is 81.9 Å². The number of aliphatic hydroxyl groups is 4. The van der Waals surface area contributed by atoms with E-state index < -0.39 is 45.8 Å². The molecule has 150 valence electrons. The van der Waals surface area contributed by atoms with E-state index in [2.05, 4.69) is 0 Å². The number of hydrogen-bond acceptors (Lipinski definition) is 7. The minimum atomic E-state index is -1.74. The first-order valence-electron chi connectivity index (χ1n) is 9.51. The van der Waals surface area contributed by atoms with Gasteiger partial charge in [-0.25, -0.2) is 0 Å². The molecule has 0 aromatic carbocycles. The first-order chi connectivity index (χ1) is 12.4. The van der Waals surface area contributed by atoms with Gasteiger partial charge < -0.3 is 29.6 Å². The fourth-order valence-corrected chi connectivity index (χ4v) is 6.04. The molecule has 7 atom stereocenters. The van der Waals surface area contributed by atoms with Crippen LogP contribution in [0.2, 0.25) is 0 Å². The van der Waals surface area contributed by atoms with Crippen molar-refractivity contribution in [2.75, 3.05) is 0 Å². The summed E-state index contributed by atoms with van der Waals surface area (Å²) >= 11 is 0. The lowest BCUT2D eigenvalue weighted by molar-refractivity contribution is -0.330. The van der Waals surface area contributed by atoms with Crippen LogP contribution in [-0.2, 0) is 9.53 Å². The minimum absolute atomic E-state index is 0.0800. The zero-order chi connectivity index (χ0) is 19.9. The first kappa shape index (κ1) is 18.9. The van der Waals surface area contributed by atoms with Crippen LogP contribution in [0.4, 0.5) is 0 Å². The third kappa shape index (κ3) is 1.98. The van der Waals surface area contributed by atoms with Gasteiger partial charge in [-0.05, 0) is 45.6 Å². The van der Waals surface area contributed by atoms with E-state index >= 15 is 0 Å². The van der Waals surface area contributed by atoms with Gasteiger partial charge in [-0.15, -0.1) is 0 Å². The molecule has 0 unspecified atom stereocenters. The monoisotopic (exact) mass is 380 g/mol. The fraction of sp³-hybridized carbons (Fsp3) is 0.750. The molecule has 7 heteroatoms. The fourth-order valence-electron chi connectivity index (χ4n) is 6.04. The van der Waals surface area contributed by atoms with Crippen molar-refractivity contribution >= 4 is 5.97 Å². The summed E-state index contributed by atoms with van der Waals surface area (Å²) in [5.41, 5.74) is -7.01. The van der Waals surface area contributed by atoms with Gasteiger partial charge in [-0.2, -0.15) is 0 Å². The number of carbonyl (C=O) groups excluding carboxylic acids is 1. The summed E-state index contributed by atoms with van der Waals surface area (Å²) < 4.78 is 10.7. The zero-order valence-corrected chi connectivity index (χ0v) is 15.9. The van der Waals surface area contributed by atoms with Crippen LogP contribution in [0.1, 0.15) is 64.5 Å². The number of ether oxygens (including phenoxy) is 1. The summed E-state index contributed by atoms with van der Waals surface area (Å²) in [5.74, 6) is -0.667. The predicted octanol–water partition coefficient (Wildman–Crippen LogP) is 1.44. The van der Waals surface area contributed by atoms with Crippen LogP contribution in [0, 0.1) is 10.8 Å². The molecule has 7 nitrogen and oxygen atoms in total. The lowest BCUT2D eigenvalue weighted by Gasteiger charge is -2.68. The van der Waals surface area contributed by atoms with Crippen molar-refractivity contribution in [3.8, 4) is 0 Å². The van der Waals surface area contributed by atoms with E-state index in [9.17, 15) is 25.2 Å². The van der Waals surface area contributed by atoms with E-state index in [1.54, 1.807) is 19.9 Å². The number of aliphatic hydroxyl groups excluding tert-OH is 1. The van der Waals surface area contributed by atoms with Gasteiger partial charge in [-0.3, -0.25) is 4.79 Å². The van der Waals surface area contributed by atoms with Crippen LogP contribution in [0.15, 0.2) is 23.0 Å². The molecule has 2 aliphatic carbocycles. The Bertz CT molecular complexity index is 754. The van der Waals surface area contributed by atoms with E-state index in [4.69, 9.17) is 9.15 Å². The van der Waals surface area contributed by atoms with Gasteiger partial charge in [0.25, 0.3) is 0 Å². The van der Waals surface area contributed by atoms with Crippen LogP contribution in [-0.4, -0.2) is 49.3 Å². The summed E-state index contributed by atoms with van der Waals surface area (Å²) in [5, 5.41) is 44.9. The number of cyclic esters (lactones) is 1. The lowest BCUT2D eigenvalue weighted by Crippen LogP contribution is -2.79. The highest BCUT2D eigenvalue weighted by Gasteiger charge is 2.80. The summed E-state index contributed by atoms with van der Waals surface area (Å²) in [6, 6.07) is 1.69. The summed E-state index contributed by atoms with van der Waals surface area (Å²) in [6.45, 7) is 4.76. The van der Waals surface area contributed by atoms with Crippen LogP contribution in [0.3, 0.4) is 0 Å². The number of esters is 1. The molecule has 0 amide bonds. The van der Waals surface area contributed by atoms with Gasteiger partial charge in [0.2, 0.25) is 0 Å². The van der Waals surface area contributed by atoms with E-state index in [-0.39, 0.29) is 32.1 Å². The lowest BCUT2D eigenvalue weighted by atomic mass is 9.39. The van der Waals surface area contributed by atoms with Gasteiger partial charge in [0.1, 0.15) is 11.5 Å². The van der Waals surface area contributed by atoms with Gasteiger partial charge in [0, 0.05) is 17.4 Å². The number of furan rings is 1. The van der Waals surface area contributed by atoms with Crippen molar-refractivity contribution in [1.82, 2.24) is 0 Å². The molecule has 0 radical (unpaired) electrons. The molecule has 0 bridgehead atoms. The van der Waals surface area contributed by atoms with Crippen molar-refractivity contribution < 1.29 is 34.4 Å². The third-order valence-corrected chi connectivity index (χ3v) is 8.20. The molecule has 1 saturated heterocycles. The molecule has 4 rings (SSSR count). The molecule has 2 saturated carbocycles. The van der Waals surface area contributed by atoms with Crippen molar-refractivity contribution in [2.24, 2.45) is 10.8 Å². The second kappa shape index (κ2) is 5.35. The number of carbonyl (C=O) groups is 1. The topological polar surface area (TPSA) is 120 Å². The van der Waals surface area contributed by atoms with E-state index in [0.29, 0.717) is 5.56 Å². The average molecular weight is 380 g/mol. The number of rotatable bonds is 1. The molecule has 3 fully saturated rings. The molecule has 1 spiro atoms. The second-order valence-electron chi connectivity index (χ2n) is 9.23. The maximum atomic E-state index is 13.3. The van der Waals surface area contributed by atoms with Crippen molar-refractivity contribution in [3.05, 3.63) is 24.2 Å². The first-order valence-corrected chi connectivity index (χ1v) is 9.51. The molecule has 3 aliphatic rings. The van der Waals surface area contributed by atoms with Gasteiger partial charge in [0.15, 0.2) is 0 Å². The Balaban J connectivity index is 1.88. The van der Waals surface area contributed by atoms with Crippen LogP contribution >= 0.6 is 0 Å². The standard InChI is InChI=1S/C20H28O7/c1-16-7-8-17(2,23)19(20(16,25)6-4-14(21)18(16,3)24)10-13(27-15(19)22)12-5-9-26-11-12/h5,9,11,13-14,21,23-25H,4,6-8,10H2,1-3H3/t13-,14-,16-,17+,18+,19-,20-/m1/s1. The largest absolute Gasteiger partial charge is 0.472 e. The Labute approximate surface area is 157 Å². The molecule has 2 heterocycles. The van der Waals surface area contributed by atoms with E-state index in [0.717, 1.165) is 0 Å². The van der Waals surface area contributed by atoms with Crippen molar-refractivity contribution in [1.29, 1.82) is 0 Å². The maximum Gasteiger partial charge on any atom is 0.318 e. The highest BCUT2D eigenvalue weighted by molar-refractivity contribution is 5.83. The van der Waals surface area contributed by atoms with Crippen LogP contribution in [0.25, 0.3) is 0 Å². The van der Waals surface area contributed by atoms with Crippen LogP contribution < -0.4 is 0 Å².